The van der Waals surface area contributed by atoms with Gasteiger partial charge in [0.15, 0.2) is 0 Å². The molecule has 2 aromatic rings. The number of benzene rings is 1. The Morgan fingerprint density at radius 3 is 2.85 bits per heavy atom. The normalized spacial score (nSPS) is 24.5. The first-order valence-corrected chi connectivity index (χ1v) is 9.92. The number of hydrogen-bond acceptors (Lipinski definition) is 3. The van der Waals surface area contributed by atoms with Crippen LogP contribution in [0.4, 0.5) is 5.69 Å². The first-order valence-electron chi connectivity index (χ1n) is 9.92. The highest BCUT2D eigenvalue weighted by Gasteiger charge is 2.39. The lowest BCUT2D eigenvalue weighted by atomic mass is 10.1. The standard InChI is InChI=1S/C21H26N4O/c26-21(24-18-11-23-25(13-18)12-15-6-7-15)17-3-1-2-16(8-17)19-9-20(19)22-10-14-4-5-14/h1-3,8,11,13-15,19-20,22H,4-7,9-10,12H2,(H,24,26)/t19-,20+/m0/s1. The third kappa shape index (κ3) is 3.83. The molecule has 0 radical (unpaired) electrons. The summed E-state index contributed by atoms with van der Waals surface area (Å²) in [5.41, 5.74) is 2.78. The minimum Gasteiger partial charge on any atom is -0.319 e. The molecule has 2 atom stereocenters. The number of carbonyl (C=O) groups excluding carboxylic acids is 1. The molecule has 0 bridgehead atoms. The van der Waals surface area contributed by atoms with Gasteiger partial charge < -0.3 is 10.6 Å². The highest BCUT2D eigenvalue weighted by atomic mass is 16.1. The van der Waals surface area contributed by atoms with E-state index in [4.69, 9.17) is 0 Å². The summed E-state index contributed by atoms with van der Waals surface area (Å²) >= 11 is 0. The lowest BCUT2D eigenvalue weighted by molar-refractivity contribution is 0.102. The Morgan fingerprint density at radius 2 is 2.04 bits per heavy atom. The monoisotopic (exact) mass is 350 g/mol. The molecule has 1 aromatic carbocycles. The molecule has 2 N–H and O–H groups in total. The lowest BCUT2D eigenvalue weighted by Gasteiger charge is -2.06. The number of nitrogens with one attached hydrogen (secondary N) is 2. The third-order valence-corrected chi connectivity index (χ3v) is 5.77. The molecular formula is C21H26N4O. The molecule has 5 nitrogen and oxygen atoms in total. The van der Waals surface area contributed by atoms with E-state index in [1.807, 2.05) is 29.1 Å². The van der Waals surface area contributed by atoms with E-state index in [1.165, 1.54) is 37.7 Å². The predicted molar refractivity (Wildman–Crippen MR) is 101 cm³/mol. The van der Waals surface area contributed by atoms with Gasteiger partial charge in [-0.25, -0.2) is 0 Å². The molecule has 1 aromatic heterocycles. The Morgan fingerprint density at radius 1 is 1.19 bits per heavy atom. The second-order valence-corrected chi connectivity index (χ2v) is 8.27. The molecule has 3 fully saturated rings. The van der Waals surface area contributed by atoms with Crippen LogP contribution in [0.2, 0.25) is 0 Å². The highest BCUT2D eigenvalue weighted by molar-refractivity contribution is 6.04. The van der Waals surface area contributed by atoms with E-state index in [9.17, 15) is 4.79 Å². The van der Waals surface area contributed by atoms with E-state index in [1.54, 1.807) is 6.20 Å². The predicted octanol–water partition coefficient (Wildman–Crippen LogP) is 3.40. The third-order valence-electron chi connectivity index (χ3n) is 5.77. The summed E-state index contributed by atoms with van der Waals surface area (Å²) in [6, 6.07) is 8.68. The van der Waals surface area contributed by atoms with Crippen LogP contribution in [0.15, 0.2) is 36.7 Å². The first kappa shape index (κ1) is 16.1. The van der Waals surface area contributed by atoms with Crippen LogP contribution >= 0.6 is 0 Å². The lowest BCUT2D eigenvalue weighted by Crippen LogP contribution is -2.20. The van der Waals surface area contributed by atoms with Gasteiger partial charge in [0.05, 0.1) is 11.9 Å². The summed E-state index contributed by atoms with van der Waals surface area (Å²) in [6.07, 6.45) is 10.2. The molecule has 5 heteroatoms. The zero-order valence-corrected chi connectivity index (χ0v) is 15.0. The van der Waals surface area contributed by atoms with Gasteiger partial charge in [-0.1, -0.05) is 12.1 Å². The van der Waals surface area contributed by atoms with Crippen molar-refractivity contribution in [2.75, 3.05) is 11.9 Å². The van der Waals surface area contributed by atoms with E-state index in [0.29, 0.717) is 12.0 Å². The Hall–Kier alpha value is -2.14. The van der Waals surface area contributed by atoms with Gasteiger partial charge in [0.1, 0.15) is 0 Å². The number of aromatic nitrogens is 2. The summed E-state index contributed by atoms with van der Waals surface area (Å²) in [5, 5.41) is 11.0. The molecule has 3 aliphatic rings. The van der Waals surface area contributed by atoms with Crippen molar-refractivity contribution in [2.24, 2.45) is 11.8 Å². The number of hydrogen-bond donors (Lipinski definition) is 2. The van der Waals surface area contributed by atoms with Crippen molar-refractivity contribution in [1.82, 2.24) is 15.1 Å². The number of rotatable bonds is 8. The van der Waals surface area contributed by atoms with Gasteiger partial charge in [0.2, 0.25) is 0 Å². The molecule has 136 valence electrons. The van der Waals surface area contributed by atoms with Crippen molar-refractivity contribution >= 4 is 11.6 Å². The van der Waals surface area contributed by atoms with Crippen LogP contribution in [0.25, 0.3) is 0 Å². The fourth-order valence-electron chi connectivity index (χ4n) is 3.64. The smallest absolute Gasteiger partial charge is 0.255 e. The van der Waals surface area contributed by atoms with Gasteiger partial charge in [-0.2, -0.15) is 5.10 Å². The fraction of sp³-hybridized carbons (Fsp3) is 0.524. The summed E-state index contributed by atoms with van der Waals surface area (Å²) in [4.78, 5) is 12.6. The molecule has 5 rings (SSSR count). The Balaban J connectivity index is 1.19. The van der Waals surface area contributed by atoms with Crippen LogP contribution in [-0.4, -0.2) is 28.3 Å². The van der Waals surface area contributed by atoms with Crippen LogP contribution < -0.4 is 10.6 Å². The topological polar surface area (TPSA) is 59.0 Å². The Bertz CT molecular complexity index is 806. The Kier molecular flexibility index (Phi) is 4.04. The molecular weight excluding hydrogens is 324 g/mol. The van der Waals surface area contributed by atoms with Crippen molar-refractivity contribution in [3.8, 4) is 0 Å². The van der Waals surface area contributed by atoms with E-state index < -0.39 is 0 Å². The van der Waals surface area contributed by atoms with Crippen molar-refractivity contribution in [1.29, 1.82) is 0 Å². The highest BCUT2D eigenvalue weighted by Crippen LogP contribution is 2.41. The summed E-state index contributed by atoms with van der Waals surface area (Å²) in [6.45, 7) is 2.12. The Labute approximate surface area is 154 Å². The average Bonchev–Trinajstić information content (AvgIpc) is 3.50. The quantitative estimate of drug-likeness (QED) is 0.767. The molecule has 0 spiro atoms. The average molecular weight is 350 g/mol. The molecule has 0 aliphatic heterocycles. The van der Waals surface area contributed by atoms with E-state index in [-0.39, 0.29) is 5.91 Å². The van der Waals surface area contributed by atoms with Gasteiger partial charge >= 0.3 is 0 Å². The van der Waals surface area contributed by atoms with Crippen LogP contribution in [0.1, 0.15) is 53.9 Å². The van der Waals surface area contributed by atoms with Crippen LogP contribution in [0.5, 0.6) is 0 Å². The minimum absolute atomic E-state index is 0.0547. The number of amides is 1. The zero-order chi connectivity index (χ0) is 17.5. The van der Waals surface area contributed by atoms with Crippen LogP contribution in [0.3, 0.4) is 0 Å². The maximum atomic E-state index is 12.6. The number of anilines is 1. The van der Waals surface area contributed by atoms with Crippen LogP contribution in [0, 0.1) is 11.8 Å². The molecule has 26 heavy (non-hydrogen) atoms. The number of carbonyl (C=O) groups is 1. The molecule has 0 unspecified atom stereocenters. The van der Waals surface area contributed by atoms with Crippen molar-refractivity contribution in [2.45, 2.75) is 50.6 Å². The maximum Gasteiger partial charge on any atom is 0.255 e. The fourth-order valence-corrected chi connectivity index (χ4v) is 3.64. The molecule has 1 heterocycles. The summed E-state index contributed by atoms with van der Waals surface area (Å²) in [5.74, 6) is 2.19. The second kappa shape index (κ2) is 6.54. The van der Waals surface area contributed by atoms with Crippen molar-refractivity contribution in [3.05, 3.63) is 47.8 Å². The number of nitrogens with zero attached hydrogens (tertiary/aromatic N) is 2. The van der Waals surface area contributed by atoms with E-state index in [2.05, 4.69) is 21.8 Å². The molecule has 0 saturated heterocycles. The van der Waals surface area contributed by atoms with E-state index >= 15 is 0 Å². The van der Waals surface area contributed by atoms with E-state index in [0.717, 1.165) is 36.2 Å². The van der Waals surface area contributed by atoms with Gasteiger partial charge in [-0.05, 0) is 68.2 Å². The second-order valence-electron chi connectivity index (χ2n) is 8.27. The molecule has 3 saturated carbocycles. The summed E-state index contributed by atoms with van der Waals surface area (Å²) in [7, 11) is 0. The largest absolute Gasteiger partial charge is 0.319 e. The van der Waals surface area contributed by atoms with Gasteiger partial charge in [0.25, 0.3) is 5.91 Å². The van der Waals surface area contributed by atoms with Crippen LogP contribution in [-0.2, 0) is 6.54 Å². The molecule has 1 amide bonds. The molecule has 3 aliphatic carbocycles. The van der Waals surface area contributed by atoms with Crippen molar-refractivity contribution in [3.63, 3.8) is 0 Å². The zero-order valence-electron chi connectivity index (χ0n) is 15.0. The summed E-state index contributed by atoms with van der Waals surface area (Å²) < 4.78 is 1.93. The van der Waals surface area contributed by atoms with Gasteiger partial charge in [-0.15, -0.1) is 0 Å². The van der Waals surface area contributed by atoms with Gasteiger partial charge in [0, 0.05) is 30.3 Å². The first-order chi connectivity index (χ1) is 12.7. The minimum atomic E-state index is -0.0547. The maximum absolute atomic E-state index is 12.6. The van der Waals surface area contributed by atoms with Gasteiger partial charge in [-0.3, -0.25) is 9.48 Å². The van der Waals surface area contributed by atoms with Crippen molar-refractivity contribution < 1.29 is 4.79 Å². The SMILES string of the molecule is O=C(Nc1cnn(CC2CC2)c1)c1cccc([C@@H]2C[C@H]2NCC2CC2)c1.